The van der Waals surface area contributed by atoms with Crippen LogP contribution in [-0.4, -0.2) is 30.4 Å². The molecule has 1 atom stereocenters. The Labute approximate surface area is 156 Å². The molecule has 1 aliphatic rings. The molecule has 1 aliphatic heterocycles. The van der Waals surface area contributed by atoms with E-state index < -0.39 is 0 Å². The lowest BCUT2D eigenvalue weighted by Crippen LogP contribution is -2.37. The number of rotatable bonds is 6. The molecule has 3 rings (SSSR count). The van der Waals surface area contributed by atoms with Crippen molar-refractivity contribution in [2.75, 3.05) is 19.6 Å². The van der Waals surface area contributed by atoms with Gasteiger partial charge in [0.05, 0.1) is 12.5 Å². The molecule has 3 nitrogen and oxygen atoms in total. The molecule has 1 aromatic carbocycles. The number of thiophene rings is 1. The number of halogens is 2. The first-order valence-corrected chi connectivity index (χ1v) is 9.76. The fourth-order valence-corrected chi connectivity index (χ4v) is 4.47. The van der Waals surface area contributed by atoms with Crippen LogP contribution in [0, 0.1) is 0 Å². The van der Waals surface area contributed by atoms with Gasteiger partial charge in [-0.3, -0.25) is 9.69 Å². The predicted octanol–water partition coefficient (Wildman–Crippen LogP) is 4.55. The zero-order chi connectivity index (χ0) is 16.9. The highest BCUT2D eigenvalue weighted by molar-refractivity contribution is 7.10. The van der Waals surface area contributed by atoms with Crippen LogP contribution in [0.25, 0.3) is 0 Å². The number of amides is 1. The van der Waals surface area contributed by atoms with Gasteiger partial charge in [-0.1, -0.05) is 35.3 Å². The minimum atomic E-state index is -0.0502. The van der Waals surface area contributed by atoms with Crippen LogP contribution < -0.4 is 5.32 Å². The van der Waals surface area contributed by atoms with Gasteiger partial charge in [-0.2, -0.15) is 0 Å². The largest absolute Gasteiger partial charge is 0.354 e. The average molecular weight is 383 g/mol. The number of carbonyl (C=O) groups excluding carboxylic acids is 1. The van der Waals surface area contributed by atoms with E-state index in [-0.39, 0.29) is 18.4 Å². The molecule has 1 N–H and O–H groups in total. The van der Waals surface area contributed by atoms with Gasteiger partial charge in [-0.15, -0.1) is 11.3 Å². The van der Waals surface area contributed by atoms with Crippen LogP contribution in [0.5, 0.6) is 0 Å². The molecular weight excluding hydrogens is 363 g/mol. The standard InChI is InChI=1S/C18H20Cl2N2OS/c19-14-5-3-6-15(20)13(14)11-18(23)21-12-16(17-7-4-10-24-17)22-8-1-2-9-22/h3-7,10,16H,1-2,8-9,11-12H2,(H,21,23). The monoisotopic (exact) mass is 382 g/mol. The number of nitrogens with zero attached hydrogens (tertiary/aromatic N) is 1. The summed E-state index contributed by atoms with van der Waals surface area (Å²) in [5.41, 5.74) is 0.687. The third-order valence-corrected chi connectivity index (χ3v) is 6.03. The van der Waals surface area contributed by atoms with Crippen molar-refractivity contribution in [3.05, 3.63) is 56.2 Å². The number of likely N-dealkylation sites (tertiary alicyclic amines) is 1. The summed E-state index contributed by atoms with van der Waals surface area (Å²) < 4.78 is 0. The molecule has 1 fully saturated rings. The maximum atomic E-state index is 12.4. The van der Waals surface area contributed by atoms with Crippen molar-refractivity contribution in [2.45, 2.75) is 25.3 Å². The van der Waals surface area contributed by atoms with E-state index >= 15 is 0 Å². The Bertz CT molecular complexity index is 664. The van der Waals surface area contributed by atoms with Gasteiger partial charge in [-0.05, 0) is 55.1 Å². The molecule has 0 aliphatic carbocycles. The van der Waals surface area contributed by atoms with E-state index in [9.17, 15) is 4.79 Å². The Morgan fingerprint density at radius 1 is 1.17 bits per heavy atom. The molecule has 1 unspecified atom stereocenters. The normalized spacial score (nSPS) is 16.2. The van der Waals surface area contributed by atoms with Crippen LogP contribution in [0.15, 0.2) is 35.7 Å². The van der Waals surface area contributed by atoms with Crippen LogP contribution in [0.2, 0.25) is 10.0 Å². The molecule has 1 saturated heterocycles. The highest BCUT2D eigenvalue weighted by Gasteiger charge is 2.24. The van der Waals surface area contributed by atoms with E-state index in [2.05, 4.69) is 27.7 Å². The summed E-state index contributed by atoms with van der Waals surface area (Å²) in [5.74, 6) is -0.0502. The second-order valence-electron chi connectivity index (χ2n) is 5.96. The molecule has 128 valence electrons. The van der Waals surface area contributed by atoms with Crippen molar-refractivity contribution in [3.63, 3.8) is 0 Å². The Morgan fingerprint density at radius 2 is 1.88 bits per heavy atom. The minimum Gasteiger partial charge on any atom is -0.354 e. The lowest BCUT2D eigenvalue weighted by atomic mass is 10.1. The summed E-state index contributed by atoms with van der Waals surface area (Å²) in [7, 11) is 0. The lowest BCUT2D eigenvalue weighted by Gasteiger charge is -2.27. The van der Waals surface area contributed by atoms with E-state index in [0.29, 0.717) is 22.2 Å². The molecule has 0 spiro atoms. The summed E-state index contributed by atoms with van der Waals surface area (Å²) in [4.78, 5) is 16.1. The molecule has 2 heterocycles. The van der Waals surface area contributed by atoms with Crippen molar-refractivity contribution in [1.29, 1.82) is 0 Å². The quantitative estimate of drug-likeness (QED) is 0.794. The fraction of sp³-hybridized carbons (Fsp3) is 0.389. The van der Waals surface area contributed by atoms with E-state index in [4.69, 9.17) is 23.2 Å². The van der Waals surface area contributed by atoms with Crippen molar-refractivity contribution in [1.82, 2.24) is 10.2 Å². The summed E-state index contributed by atoms with van der Waals surface area (Å²) in [5, 5.41) is 6.22. The fourth-order valence-electron chi connectivity index (χ4n) is 3.08. The van der Waals surface area contributed by atoms with E-state index in [1.165, 1.54) is 17.7 Å². The number of carbonyl (C=O) groups is 1. The predicted molar refractivity (Wildman–Crippen MR) is 101 cm³/mol. The van der Waals surface area contributed by atoms with Crippen molar-refractivity contribution in [2.24, 2.45) is 0 Å². The van der Waals surface area contributed by atoms with Gasteiger partial charge in [0, 0.05) is 21.5 Å². The SMILES string of the molecule is O=C(Cc1c(Cl)cccc1Cl)NCC(c1cccs1)N1CCCC1. The summed E-state index contributed by atoms with van der Waals surface area (Å²) >= 11 is 14.0. The zero-order valence-electron chi connectivity index (χ0n) is 13.3. The molecule has 1 aromatic heterocycles. The van der Waals surface area contributed by atoms with Gasteiger partial charge >= 0.3 is 0 Å². The smallest absolute Gasteiger partial charge is 0.224 e. The highest BCUT2D eigenvalue weighted by atomic mass is 35.5. The first-order valence-electron chi connectivity index (χ1n) is 8.12. The van der Waals surface area contributed by atoms with Gasteiger partial charge in [0.25, 0.3) is 0 Å². The molecule has 24 heavy (non-hydrogen) atoms. The van der Waals surface area contributed by atoms with Crippen LogP contribution in [0.4, 0.5) is 0 Å². The van der Waals surface area contributed by atoms with Crippen LogP contribution >= 0.6 is 34.5 Å². The Morgan fingerprint density at radius 3 is 2.50 bits per heavy atom. The zero-order valence-corrected chi connectivity index (χ0v) is 15.6. The Kier molecular flexibility index (Phi) is 6.17. The Balaban J connectivity index is 1.63. The number of nitrogens with one attached hydrogen (secondary N) is 1. The van der Waals surface area contributed by atoms with E-state index in [1.54, 1.807) is 29.5 Å². The molecule has 1 amide bonds. The van der Waals surface area contributed by atoms with Crippen LogP contribution in [0.1, 0.15) is 29.3 Å². The second kappa shape index (κ2) is 8.34. The van der Waals surface area contributed by atoms with Gasteiger partial charge in [0.1, 0.15) is 0 Å². The van der Waals surface area contributed by atoms with Gasteiger partial charge in [0.15, 0.2) is 0 Å². The molecule has 0 radical (unpaired) electrons. The maximum Gasteiger partial charge on any atom is 0.224 e. The van der Waals surface area contributed by atoms with Crippen molar-refractivity contribution in [3.8, 4) is 0 Å². The molecule has 0 bridgehead atoms. The van der Waals surface area contributed by atoms with Crippen LogP contribution in [-0.2, 0) is 11.2 Å². The molecule has 2 aromatic rings. The second-order valence-corrected chi connectivity index (χ2v) is 7.75. The average Bonchev–Trinajstić information content (AvgIpc) is 3.25. The highest BCUT2D eigenvalue weighted by Crippen LogP contribution is 2.28. The first kappa shape index (κ1) is 17.7. The topological polar surface area (TPSA) is 32.3 Å². The number of hydrogen-bond donors (Lipinski definition) is 1. The third-order valence-electron chi connectivity index (χ3n) is 4.34. The lowest BCUT2D eigenvalue weighted by molar-refractivity contribution is -0.120. The van der Waals surface area contributed by atoms with Crippen molar-refractivity contribution >= 4 is 40.4 Å². The number of hydrogen-bond acceptors (Lipinski definition) is 3. The molecular formula is C18H20Cl2N2OS. The number of benzene rings is 1. The molecule has 0 saturated carbocycles. The van der Waals surface area contributed by atoms with E-state index in [1.807, 2.05) is 0 Å². The van der Waals surface area contributed by atoms with Crippen molar-refractivity contribution < 1.29 is 4.79 Å². The maximum absolute atomic E-state index is 12.4. The summed E-state index contributed by atoms with van der Waals surface area (Å²) in [6, 6.07) is 9.76. The summed E-state index contributed by atoms with van der Waals surface area (Å²) in [6.07, 6.45) is 2.66. The summed E-state index contributed by atoms with van der Waals surface area (Å²) in [6.45, 7) is 2.80. The Hall–Kier alpha value is -1.07. The third kappa shape index (κ3) is 4.31. The van der Waals surface area contributed by atoms with Gasteiger partial charge in [0.2, 0.25) is 5.91 Å². The van der Waals surface area contributed by atoms with Gasteiger partial charge < -0.3 is 5.32 Å². The first-order chi connectivity index (χ1) is 11.6. The van der Waals surface area contributed by atoms with Crippen LogP contribution in [0.3, 0.4) is 0 Å². The van der Waals surface area contributed by atoms with Gasteiger partial charge in [-0.25, -0.2) is 0 Å². The minimum absolute atomic E-state index is 0.0502. The van der Waals surface area contributed by atoms with E-state index in [0.717, 1.165) is 13.1 Å². The molecule has 6 heteroatoms.